The normalized spacial score (nSPS) is 18.0. The van der Waals surface area contributed by atoms with Crippen LogP contribution in [0.25, 0.3) is 0 Å². The highest BCUT2D eigenvalue weighted by Gasteiger charge is 2.35. The lowest BCUT2D eigenvalue weighted by Crippen LogP contribution is -2.21. The van der Waals surface area contributed by atoms with Crippen molar-refractivity contribution in [1.82, 2.24) is 5.32 Å². The lowest BCUT2D eigenvalue weighted by molar-refractivity contribution is -0.127. The summed E-state index contributed by atoms with van der Waals surface area (Å²) in [5.41, 5.74) is 0.284. The second kappa shape index (κ2) is 9.14. The van der Waals surface area contributed by atoms with Crippen molar-refractivity contribution in [3.05, 3.63) is 48.6 Å². The summed E-state index contributed by atoms with van der Waals surface area (Å²) in [4.78, 5) is 9.68. The largest absolute Gasteiger partial charge is 0.463 e. The van der Waals surface area contributed by atoms with E-state index in [4.69, 9.17) is 0 Å². The van der Waals surface area contributed by atoms with Gasteiger partial charge in [0, 0.05) is 18.2 Å². The van der Waals surface area contributed by atoms with Crippen molar-refractivity contribution in [3.63, 3.8) is 0 Å². The lowest BCUT2D eigenvalue weighted by atomic mass is 10.2. The maximum absolute atomic E-state index is 11.8. The van der Waals surface area contributed by atoms with E-state index in [2.05, 4.69) is 23.2 Å². The number of halogens is 3. The van der Waals surface area contributed by atoms with Crippen molar-refractivity contribution < 1.29 is 22.7 Å². The molecule has 1 aliphatic rings. The standard InChI is InChI=1S/C8H10O2.C6H8F3N/c1-3-4-5-8(2)6-10-7-9;1-4-2-5(3-10-4)6(7,8)9/h3-5,7H,1-2,6H2;2,4,10H,3H2,1H3/b5-4-;. The fourth-order valence-corrected chi connectivity index (χ4v) is 1.28. The Bertz CT molecular complexity index is 398. The van der Waals surface area contributed by atoms with Crippen LogP contribution in [0.3, 0.4) is 0 Å². The van der Waals surface area contributed by atoms with E-state index >= 15 is 0 Å². The van der Waals surface area contributed by atoms with E-state index in [0.717, 1.165) is 5.57 Å². The molecule has 0 aromatic heterocycles. The van der Waals surface area contributed by atoms with Crippen molar-refractivity contribution in [3.8, 4) is 0 Å². The number of hydrogen-bond acceptors (Lipinski definition) is 3. The van der Waals surface area contributed by atoms with Gasteiger partial charge in [0.15, 0.2) is 0 Å². The Hall–Kier alpha value is -1.82. The number of allylic oxidation sites excluding steroid dienone is 2. The van der Waals surface area contributed by atoms with Crippen LogP contribution in [0.15, 0.2) is 48.6 Å². The van der Waals surface area contributed by atoms with Crippen LogP contribution in [-0.2, 0) is 9.53 Å². The molecule has 0 radical (unpaired) electrons. The third kappa shape index (κ3) is 8.31. The monoisotopic (exact) mass is 289 g/mol. The first-order valence-electron chi connectivity index (χ1n) is 5.84. The smallest absolute Gasteiger partial charge is 0.413 e. The Balaban J connectivity index is 0.000000361. The third-order valence-corrected chi connectivity index (χ3v) is 2.23. The molecular weight excluding hydrogens is 271 g/mol. The summed E-state index contributed by atoms with van der Waals surface area (Å²) >= 11 is 0. The highest BCUT2D eigenvalue weighted by molar-refractivity contribution is 5.38. The maximum Gasteiger partial charge on any atom is 0.413 e. The van der Waals surface area contributed by atoms with E-state index in [9.17, 15) is 18.0 Å². The molecule has 1 rings (SSSR count). The van der Waals surface area contributed by atoms with Gasteiger partial charge in [-0.1, -0.05) is 37.5 Å². The molecule has 0 aromatic carbocycles. The number of alkyl halides is 3. The molecule has 1 atom stereocenters. The second-order valence-electron chi connectivity index (χ2n) is 4.02. The predicted octanol–water partition coefficient (Wildman–Crippen LogP) is 2.92. The van der Waals surface area contributed by atoms with Crippen molar-refractivity contribution in [2.45, 2.75) is 19.1 Å². The molecular formula is C14H18F3NO2. The Labute approximate surface area is 116 Å². The molecule has 0 aliphatic carbocycles. The summed E-state index contributed by atoms with van der Waals surface area (Å²) in [6.07, 6.45) is 2.16. The Morgan fingerprint density at radius 1 is 1.60 bits per heavy atom. The van der Waals surface area contributed by atoms with Gasteiger partial charge in [-0.25, -0.2) is 0 Å². The number of ether oxygens (including phenoxy) is 1. The number of carbonyl (C=O) groups excluding carboxylic acids is 1. The van der Waals surface area contributed by atoms with Crippen molar-refractivity contribution in [2.75, 3.05) is 13.2 Å². The zero-order chi connectivity index (χ0) is 15.6. The first-order valence-corrected chi connectivity index (χ1v) is 5.84. The molecule has 112 valence electrons. The van der Waals surface area contributed by atoms with Crippen LogP contribution in [0.5, 0.6) is 0 Å². The predicted molar refractivity (Wildman–Crippen MR) is 72.1 cm³/mol. The van der Waals surface area contributed by atoms with Gasteiger partial charge in [-0.05, 0) is 12.5 Å². The fraction of sp³-hybridized carbons (Fsp3) is 0.357. The minimum absolute atomic E-state index is 0.0509. The zero-order valence-corrected chi connectivity index (χ0v) is 11.2. The highest BCUT2D eigenvalue weighted by atomic mass is 19.4. The van der Waals surface area contributed by atoms with Crippen LogP contribution in [-0.4, -0.2) is 31.8 Å². The summed E-state index contributed by atoms with van der Waals surface area (Å²) in [7, 11) is 0. The Morgan fingerprint density at radius 2 is 2.25 bits per heavy atom. The number of carbonyl (C=O) groups is 1. The first kappa shape index (κ1) is 18.2. The molecule has 1 unspecified atom stereocenters. The highest BCUT2D eigenvalue weighted by Crippen LogP contribution is 2.27. The van der Waals surface area contributed by atoms with Crippen LogP contribution >= 0.6 is 0 Å². The lowest BCUT2D eigenvalue weighted by Gasteiger charge is -2.04. The van der Waals surface area contributed by atoms with Gasteiger partial charge in [0.05, 0.1) is 0 Å². The van der Waals surface area contributed by atoms with Crippen LogP contribution in [0, 0.1) is 0 Å². The van der Waals surface area contributed by atoms with Gasteiger partial charge < -0.3 is 10.1 Å². The SMILES string of the molecule is C=C/C=C\C(=C)COC=O.CC1C=C(C(F)(F)F)CN1. The summed E-state index contributed by atoms with van der Waals surface area (Å²) < 4.78 is 39.9. The van der Waals surface area contributed by atoms with E-state index in [1.54, 1.807) is 25.2 Å². The molecule has 0 saturated heterocycles. The molecule has 1 heterocycles. The average Bonchev–Trinajstić information content (AvgIpc) is 2.81. The maximum atomic E-state index is 11.8. The van der Waals surface area contributed by atoms with Crippen LogP contribution in [0.2, 0.25) is 0 Å². The molecule has 0 amide bonds. The van der Waals surface area contributed by atoms with Crippen LogP contribution in [0.1, 0.15) is 6.92 Å². The number of nitrogens with one attached hydrogen (secondary N) is 1. The Kier molecular flexibility index (Phi) is 8.31. The summed E-state index contributed by atoms with van der Waals surface area (Å²) in [5, 5.41) is 2.66. The van der Waals surface area contributed by atoms with Crippen molar-refractivity contribution >= 4 is 6.47 Å². The summed E-state index contributed by atoms with van der Waals surface area (Å²) in [5.74, 6) is 0. The van der Waals surface area contributed by atoms with Crippen molar-refractivity contribution in [1.29, 1.82) is 0 Å². The molecule has 6 heteroatoms. The summed E-state index contributed by atoms with van der Waals surface area (Å²) in [6.45, 7) is 9.37. The topological polar surface area (TPSA) is 38.3 Å². The number of rotatable bonds is 5. The van der Waals surface area contributed by atoms with Gasteiger partial charge in [0.2, 0.25) is 0 Å². The Morgan fingerprint density at radius 3 is 2.60 bits per heavy atom. The molecule has 0 bridgehead atoms. The van der Waals surface area contributed by atoms with E-state index in [1.807, 2.05) is 0 Å². The van der Waals surface area contributed by atoms with Gasteiger partial charge in [0.25, 0.3) is 6.47 Å². The number of hydrogen-bond donors (Lipinski definition) is 1. The summed E-state index contributed by atoms with van der Waals surface area (Å²) in [6, 6.07) is -0.142. The minimum atomic E-state index is -4.14. The van der Waals surface area contributed by atoms with Crippen LogP contribution in [0.4, 0.5) is 13.2 Å². The molecule has 0 spiro atoms. The zero-order valence-electron chi connectivity index (χ0n) is 11.2. The fourth-order valence-electron chi connectivity index (χ4n) is 1.28. The van der Waals surface area contributed by atoms with E-state index in [1.165, 1.54) is 6.08 Å². The minimum Gasteiger partial charge on any atom is -0.463 e. The van der Waals surface area contributed by atoms with E-state index in [-0.39, 0.29) is 19.2 Å². The van der Waals surface area contributed by atoms with Gasteiger partial charge in [0.1, 0.15) is 6.61 Å². The molecule has 0 saturated carbocycles. The molecule has 3 nitrogen and oxygen atoms in total. The first-order chi connectivity index (χ1) is 9.31. The van der Waals surface area contributed by atoms with E-state index in [0.29, 0.717) is 6.47 Å². The van der Waals surface area contributed by atoms with Gasteiger partial charge >= 0.3 is 6.18 Å². The molecule has 1 aliphatic heterocycles. The van der Waals surface area contributed by atoms with E-state index < -0.39 is 11.7 Å². The molecule has 1 N–H and O–H groups in total. The molecule has 0 fully saturated rings. The quantitative estimate of drug-likeness (QED) is 0.480. The van der Waals surface area contributed by atoms with Gasteiger partial charge in [-0.3, -0.25) is 4.79 Å². The van der Waals surface area contributed by atoms with Crippen LogP contribution < -0.4 is 5.32 Å². The molecule has 20 heavy (non-hydrogen) atoms. The van der Waals surface area contributed by atoms with Gasteiger partial charge in [-0.15, -0.1) is 0 Å². The second-order valence-corrected chi connectivity index (χ2v) is 4.02. The van der Waals surface area contributed by atoms with Gasteiger partial charge in [-0.2, -0.15) is 13.2 Å². The molecule has 0 aromatic rings. The average molecular weight is 289 g/mol. The third-order valence-electron chi connectivity index (χ3n) is 2.23. The van der Waals surface area contributed by atoms with Crippen molar-refractivity contribution in [2.24, 2.45) is 0 Å².